The number of carbonyl (C=O) groups excluding carboxylic acids is 1. The molecule has 1 amide bonds. The Morgan fingerprint density at radius 2 is 2.22 bits per heavy atom. The quantitative estimate of drug-likeness (QED) is 0.725. The van der Waals surface area contributed by atoms with E-state index in [0.29, 0.717) is 6.54 Å². The molecule has 0 atom stereocenters. The van der Waals surface area contributed by atoms with E-state index in [1.54, 1.807) is 0 Å². The molecule has 0 bridgehead atoms. The minimum atomic E-state index is 0.0241. The van der Waals surface area contributed by atoms with Gasteiger partial charge in [-0.05, 0) is 24.1 Å². The van der Waals surface area contributed by atoms with Crippen LogP contribution < -0.4 is 10.6 Å². The van der Waals surface area contributed by atoms with Crippen LogP contribution in [0.1, 0.15) is 31.4 Å². The molecule has 0 saturated heterocycles. The van der Waals surface area contributed by atoms with Crippen LogP contribution in [0.3, 0.4) is 0 Å². The number of amides is 1. The first-order valence-electron chi connectivity index (χ1n) is 6.43. The highest BCUT2D eigenvalue weighted by atomic mass is 16.1. The fourth-order valence-electron chi connectivity index (χ4n) is 1.63. The molecule has 3 heteroatoms. The van der Waals surface area contributed by atoms with Gasteiger partial charge in [0.05, 0.1) is 0 Å². The van der Waals surface area contributed by atoms with E-state index in [0.717, 1.165) is 19.5 Å². The molecule has 18 heavy (non-hydrogen) atoms. The molecule has 0 aromatic heterocycles. The van der Waals surface area contributed by atoms with Gasteiger partial charge in [0, 0.05) is 20.0 Å². The second-order valence-electron chi connectivity index (χ2n) is 4.20. The average Bonchev–Trinajstić information content (AvgIpc) is 2.36. The molecular weight excluding hydrogens is 224 g/mol. The summed E-state index contributed by atoms with van der Waals surface area (Å²) in [6.45, 7) is 6.23. The van der Waals surface area contributed by atoms with Crippen LogP contribution in [0, 0.1) is 0 Å². The van der Waals surface area contributed by atoms with Crippen LogP contribution in [0.15, 0.2) is 30.3 Å². The first-order chi connectivity index (χ1) is 8.72. The fourth-order valence-corrected chi connectivity index (χ4v) is 1.63. The molecule has 1 aromatic rings. The van der Waals surface area contributed by atoms with E-state index in [4.69, 9.17) is 0 Å². The van der Waals surface area contributed by atoms with Gasteiger partial charge in [-0.15, -0.1) is 0 Å². The highest BCUT2D eigenvalue weighted by Crippen LogP contribution is 2.07. The average molecular weight is 246 g/mol. The van der Waals surface area contributed by atoms with Gasteiger partial charge in [-0.3, -0.25) is 4.79 Å². The maximum Gasteiger partial charge on any atom is 0.216 e. The minimum Gasteiger partial charge on any atom is -0.356 e. The van der Waals surface area contributed by atoms with Crippen molar-refractivity contribution in [3.05, 3.63) is 41.5 Å². The van der Waals surface area contributed by atoms with Crippen molar-refractivity contribution < 1.29 is 4.79 Å². The van der Waals surface area contributed by atoms with E-state index in [2.05, 4.69) is 54.0 Å². The van der Waals surface area contributed by atoms with Gasteiger partial charge < -0.3 is 10.6 Å². The van der Waals surface area contributed by atoms with E-state index in [-0.39, 0.29) is 5.91 Å². The lowest BCUT2D eigenvalue weighted by Crippen LogP contribution is -2.20. The summed E-state index contributed by atoms with van der Waals surface area (Å²) in [7, 11) is 0. The Bertz CT molecular complexity index is 399. The topological polar surface area (TPSA) is 41.1 Å². The van der Waals surface area contributed by atoms with Crippen LogP contribution in [-0.4, -0.2) is 19.0 Å². The highest BCUT2D eigenvalue weighted by Gasteiger charge is 1.93. The Morgan fingerprint density at radius 1 is 1.39 bits per heavy atom. The predicted molar refractivity (Wildman–Crippen MR) is 76.2 cm³/mol. The van der Waals surface area contributed by atoms with Crippen LogP contribution in [0.25, 0.3) is 6.08 Å². The van der Waals surface area contributed by atoms with Crippen molar-refractivity contribution in [1.82, 2.24) is 10.6 Å². The zero-order chi connectivity index (χ0) is 13.2. The molecule has 0 fully saturated rings. The number of hydrogen-bond donors (Lipinski definition) is 2. The van der Waals surface area contributed by atoms with Crippen molar-refractivity contribution in [3.63, 3.8) is 0 Å². The third-order valence-electron chi connectivity index (χ3n) is 2.53. The summed E-state index contributed by atoms with van der Waals surface area (Å²) >= 11 is 0. The van der Waals surface area contributed by atoms with Crippen molar-refractivity contribution in [1.29, 1.82) is 0 Å². The van der Waals surface area contributed by atoms with Gasteiger partial charge in [0.2, 0.25) is 5.91 Å². The maximum atomic E-state index is 10.7. The Morgan fingerprint density at radius 3 is 2.94 bits per heavy atom. The molecule has 0 aliphatic rings. The lowest BCUT2D eigenvalue weighted by molar-refractivity contribution is -0.118. The fraction of sp³-hybridized carbons (Fsp3) is 0.400. The number of nitrogens with one attached hydrogen (secondary N) is 2. The van der Waals surface area contributed by atoms with Crippen LogP contribution in [0.2, 0.25) is 0 Å². The molecule has 3 nitrogen and oxygen atoms in total. The van der Waals surface area contributed by atoms with Gasteiger partial charge in [0.1, 0.15) is 0 Å². The Balaban J connectivity index is 2.41. The van der Waals surface area contributed by atoms with Crippen molar-refractivity contribution in [2.75, 3.05) is 13.1 Å². The minimum absolute atomic E-state index is 0.0241. The number of rotatable bonds is 7. The van der Waals surface area contributed by atoms with Crippen molar-refractivity contribution >= 4 is 12.0 Å². The van der Waals surface area contributed by atoms with E-state index >= 15 is 0 Å². The second kappa shape index (κ2) is 8.48. The Hall–Kier alpha value is -1.61. The summed E-state index contributed by atoms with van der Waals surface area (Å²) < 4.78 is 0. The van der Waals surface area contributed by atoms with E-state index in [9.17, 15) is 4.79 Å². The monoisotopic (exact) mass is 246 g/mol. The SMILES string of the molecule is CCNCc1cccc(C=CCCNC(C)=O)c1. The van der Waals surface area contributed by atoms with Crippen LogP contribution in [0.4, 0.5) is 0 Å². The van der Waals surface area contributed by atoms with Crippen molar-refractivity contribution in [2.24, 2.45) is 0 Å². The predicted octanol–water partition coefficient (Wildman–Crippen LogP) is 2.34. The zero-order valence-electron chi connectivity index (χ0n) is 11.2. The number of benzene rings is 1. The summed E-state index contributed by atoms with van der Waals surface area (Å²) in [5.74, 6) is 0.0241. The standard InChI is InChI=1S/C15H22N2O/c1-3-16-12-15-9-6-8-14(11-15)7-4-5-10-17-13(2)18/h4,6-9,11,16H,3,5,10,12H2,1-2H3,(H,17,18). The Labute approximate surface area is 109 Å². The summed E-state index contributed by atoms with van der Waals surface area (Å²) in [4.78, 5) is 10.7. The first-order valence-corrected chi connectivity index (χ1v) is 6.43. The van der Waals surface area contributed by atoms with E-state index < -0.39 is 0 Å². The van der Waals surface area contributed by atoms with Gasteiger partial charge in [0.25, 0.3) is 0 Å². The smallest absolute Gasteiger partial charge is 0.216 e. The number of hydrogen-bond acceptors (Lipinski definition) is 2. The second-order valence-corrected chi connectivity index (χ2v) is 4.20. The lowest BCUT2D eigenvalue weighted by Gasteiger charge is -2.03. The van der Waals surface area contributed by atoms with E-state index in [1.807, 2.05) is 0 Å². The molecule has 0 heterocycles. The van der Waals surface area contributed by atoms with Crippen molar-refractivity contribution in [3.8, 4) is 0 Å². The van der Waals surface area contributed by atoms with Crippen LogP contribution >= 0.6 is 0 Å². The van der Waals surface area contributed by atoms with Crippen molar-refractivity contribution in [2.45, 2.75) is 26.8 Å². The summed E-state index contributed by atoms with van der Waals surface area (Å²) in [6, 6.07) is 8.46. The molecule has 0 aliphatic carbocycles. The third kappa shape index (κ3) is 6.21. The van der Waals surface area contributed by atoms with Gasteiger partial charge >= 0.3 is 0 Å². The summed E-state index contributed by atoms with van der Waals surface area (Å²) in [6.07, 6.45) is 5.04. The molecule has 0 aliphatic heterocycles. The third-order valence-corrected chi connectivity index (χ3v) is 2.53. The van der Waals surface area contributed by atoms with E-state index in [1.165, 1.54) is 18.1 Å². The molecule has 2 N–H and O–H groups in total. The molecule has 0 unspecified atom stereocenters. The van der Waals surface area contributed by atoms with Crippen LogP contribution in [0.5, 0.6) is 0 Å². The molecule has 0 radical (unpaired) electrons. The molecule has 0 saturated carbocycles. The molecular formula is C15H22N2O. The van der Waals surface area contributed by atoms with Gasteiger partial charge in [-0.25, -0.2) is 0 Å². The largest absolute Gasteiger partial charge is 0.356 e. The zero-order valence-corrected chi connectivity index (χ0v) is 11.2. The lowest BCUT2D eigenvalue weighted by atomic mass is 10.1. The molecule has 98 valence electrons. The number of carbonyl (C=O) groups is 1. The maximum absolute atomic E-state index is 10.7. The molecule has 1 rings (SSSR count). The summed E-state index contributed by atoms with van der Waals surface area (Å²) in [5, 5.41) is 6.08. The molecule has 1 aromatic carbocycles. The van der Waals surface area contributed by atoms with Crippen LogP contribution in [-0.2, 0) is 11.3 Å². The van der Waals surface area contributed by atoms with Gasteiger partial charge in [0.15, 0.2) is 0 Å². The van der Waals surface area contributed by atoms with Gasteiger partial charge in [-0.1, -0.05) is 43.3 Å². The first kappa shape index (κ1) is 14.5. The Kier molecular flexibility index (Phi) is 6.81. The van der Waals surface area contributed by atoms with Gasteiger partial charge in [-0.2, -0.15) is 0 Å². The highest BCUT2D eigenvalue weighted by molar-refractivity contribution is 5.72. The summed E-state index contributed by atoms with van der Waals surface area (Å²) in [5.41, 5.74) is 2.49. The normalized spacial score (nSPS) is 10.8. The molecule has 0 spiro atoms.